The number of carboxylic acids is 1. The summed E-state index contributed by atoms with van der Waals surface area (Å²) >= 11 is 0. The number of piperidine rings is 1. The van der Waals surface area contributed by atoms with E-state index in [-0.39, 0.29) is 18.2 Å². The lowest BCUT2D eigenvalue weighted by molar-refractivity contribution is -0.152. The molecule has 6 nitrogen and oxygen atoms in total. The maximum atomic E-state index is 12.3. The van der Waals surface area contributed by atoms with Gasteiger partial charge in [0.1, 0.15) is 0 Å². The van der Waals surface area contributed by atoms with Crippen LogP contribution in [0.2, 0.25) is 0 Å². The van der Waals surface area contributed by atoms with Gasteiger partial charge in [0.2, 0.25) is 5.76 Å². The second-order valence-electron chi connectivity index (χ2n) is 5.50. The number of carboxylic acid groups (broad SMARTS) is 1. The Bertz CT molecular complexity index is 507. The Morgan fingerprint density at radius 1 is 1.55 bits per heavy atom. The van der Waals surface area contributed by atoms with Crippen molar-refractivity contribution in [2.75, 3.05) is 13.1 Å². The first-order valence-electron chi connectivity index (χ1n) is 6.94. The van der Waals surface area contributed by atoms with E-state index in [0.717, 1.165) is 6.42 Å². The van der Waals surface area contributed by atoms with Gasteiger partial charge in [-0.2, -0.15) is 0 Å². The molecule has 1 aromatic rings. The zero-order chi connectivity index (χ0) is 14.8. The van der Waals surface area contributed by atoms with Gasteiger partial charge in [-0.3, -0.25) is 9.59 Å². The van der Waals surface area contributed by atoms with Crippen LogP contribution in [0.5, 0.6) is 0 Å². The summed E-state index contributed by atoms with van der Waals surface area (Å²) in [5.74, 6) is -0.905. The van der Waals surface area contributed by atoms with Crippen LogP contribution in [0.25, 0.3) is 0 Å². The summed E-state index contributed by atoms with van der Waals surface area (Å²) < 4.78 is 4.98. The summed E-state index contributed by atoms with van der Waals surface area (Å²) in [6, 6.07) is 1.58. The topological polar surface area (TPSA) is 83.6 Å². The fraction of sp³-hybridized carbons (Fsp3) is 0.643. The van der Waals surface area contributed by atoms with Crippen LogP contribution in [-0.4, -0.2) is 40.1 Å². The van der Waals surface area contributed by atoms with Crippen LogP contribution in [0, 0.1) is 12.3 Å². The molecule has 1 saturated heterocycles. The van der Waals surface area contributed by atoms with E-state index in [2.05, 4.69) is 5.16 Å². The summed E-state index contributed by atoms with van der Waals surface area (Å²) in [7, 11) is 0. The zero-order valence-electron chi connectivity index (χ0n) is 11.9. The fourth-order valence-electron chi connectivity index (χ4n) is 2.89. The second-order valence-corrected chi connectivity index (χ2v) is 5.50. The van der Waals surface area contributed by atoms with Crippen molar-refractivity contribution in [3.05, 3.63) is 17.5 Å². The quantitative estimate of drug-likeness (QED) is 0.913. The smallest absolute Gasteiger partial charge is 0.311 e. The summed E-state index contributed by atoms with van der Waals surface area (Å²) in [6.45, 7) is 4.52. The summed E-state index contributed by atoms with van der Waals surface area (Å²) in [6.07, 6.45) is 2.69. The minimum absolute atomic E-state index is 0.181. The summed E-state index contributed by atoms with van der Waals surface area (Å²) in [5.41, 5.74) is -0.180. The van der Waals surface area contributed by atoms with Gasteiger partial charge in [-0.15, -0.1) is 0 Å². The van der Waals surface area contributed by atoms with Crippen LogP contribution in [0.15, 0.2) is 10.6 Å². The van der Waals surface area contributed by atoms with E-state index in [1.165, 1.54) is 0 Å². The Morgan fingerprint density at radius 2 is 2.30 bits per heavy atom. The monoisotopic (exact) mass is 280 g/mol. The number of hydrogen-bond acceptors (Lipinski definition) is 4. The van der Waals surface area contributed by atoms with Gasteiger partial charge >= 0.3 is 5.97 Å². The molecule has 110 valence electrons. The van der Waals surface area contributed by atoms with Crippen molar-refractivity contribution in [2.45, 2.75) is 39.5 Å². The largest absolute Gasteiger partial charge is 0.481 e. The second kappa shape index (κ2) is 5.64. The molecule has 1 unspecified atom stereocenters. The van der Waals surface area contributed by atoms with Gasteiger partial charge in [-0.05, 0) is 26.2 Å². The van der Waals surface area contributed by atoms with Crippen molar-refractivity contribution in [3.8, 4) is 0 Å². The van der Waals surface area contributed by atoms with Gasteiger partial charge in [-0.1, -0.05) is 18.5 Å². The van der Waals surface area contributed by atoms with E-state index >= 15 is 0 Å². The number of carbonyl (C=O) groups excluding carboxylic acids is 1. The van der Waals surface area contributed by atoms with Crippen LogP contribution >= 0.6 is 0 Å². The van der Waals surface area contributed by atoms with E-state index in [0.29, 0.717) is 31.5 Å². The lowest BCUT2D eigenvalue weighted by Gasteiger charge is -2.39. The van der Waals surface area contributed by atoms with Crippen molar-refractivity contribution < 1.29 is 19.2 Å². The third-order valence-corrected chi connectivity index (χ3v) is 3.89. The number of aryl methyl sites for hydroxylation is 1. The highest BCUT2D eigenvalue weighted by Crippen LogP contribution is 2.35. The minimum Gasteiger partial charge on any atom is -0.481 e. The minimum atomic E-state index is -0.822. The van der Waals surface area contributed by atoms with Crippen molar-refractivity contribution in [3.63, 3.8) is 0 Å². The first-order valence-corrected chi connectivity index (χ1v) is 6.94. The van der Waals surface area contributed by atoms with Gasteiger partial charge < -0.3 is 14.5 Å². The molecule has 1 N–H and O–H groups in total. The van der Waals surface area contributed by atoms with Crippen LogP contribution in [0.3, 0.4) is 0 Å². The maximum absolute atomic E-state index is 12.3. The molecular formula is C14H20N2O4. The number of amides is 1. The maximum Gasteiger partial charge on any atom is 0.311 e. The van der Waals surface area contributed by atoms with E-state index in [9.17, 15) is 14.7 Å². The van der Waals surface area contributed by atoms with Crippen LogP contribution in [0.4, 0.5) is 0 Å². The molecule has 1 atom stereocenters. The molecule has 0 bridgehead atoms. The fourth-order valence-corrected chi connectivity index (χ4v) is 2.89. The number of nitrogens with zero attached hydrogens (tertiary/aromatic N) is 2. The molecule has 6 heteroatoms. The molecule has 0 saturated carbocycles. The number of aliphatic carboxylic acids is 1. The normalized spacial score (nSPS) is 22.8. The number of rotatable bonds is 4. The van der Waals surface area contributed by atoms with E-state index in [1.807, 2.05) is 6.92 Å². The SMILES string of the molecule is CCCC1(C(=O)O)CCCN(C(=O)c2cc(C)no2)C1. The third-order valence-electron chi connectivity index (χ3n) is 3.89. The van der Waals surface area contributed by atoms with E-state index in [1.54, 1.807) is 17.9 Å². The van der Waals surface area contributed by atoms with E-state index < -0.39 is 11.4 Å². The van der Waals surface area contributed by atoms with Gasteiger partial charge in [0.15, 0.2) is 0 Å². The standard InChI is InChI=1S/C14H20N2O4/c1-3-5-14(13(18)19)6-4-7-16(9-14)12(17)11-8-10(2)15-20-11/h8H,3-7,9H2,1-2H3,(H,18,19). The van der Waals surface area contributed by atoms with Crippen molar-refractivity contribution >= 4 is 11.9 Å². The number of hydrogen-bond donors (Lipinski definition) is 1. The molecule has 1 aromatic heterocycles. The molecular weight excluding hydrogens is 260 g/mol. The molecule has 20 heavy (non-hydrogen) atoms. The average Bonchev–Trinajstić information content (AvgIpc) is 2.85. The number of carbonyl (C=O) groups is 2. The zero-order valence-corrected chi connectivity index (χ0v) is 11.9. The van der Waals surface area contributed by atoms with Crippen molar-refractivity contribution in [1.29, 1.82) is 0 Å². The first-order chi connectivity index (χ1) is 9.48. The van der Waals surface area contributed by atoms with Gasteiger partial charge in [0, 0.05) is 19.2 Å². The number of aromatic nitrogens is 1. The predicted octanol–water partition coefficient (Wildman–Crippen LogP) is 2.09. The molecule has 1 amide bonds. The highest BCUT2D eigenvalue weighted by atomic mass is 16.5. The Kier molecular flexibility index (Phi) is 4.11. The Labute approximate surface area is 117 Å². The molecule has 0 radical (unpaired) electrons. The Balaban J connectivity index is 2.17. The van der Waals surface area contributed by atoms with Gasteiger partial charge in [0.05, 0.1) is 11.1 Å². The molecule has 1 aliphatic rings. The van der Waals surface area contributed by atoms with E-state index in [4.69, 9.17) is 4.52 Å². The molecule has 2 heterocycles. The van der Waals surface area contributed by atoms with Gasteiger partial charge in [-0.25, -0.2) is 0 Å². The highest BCUT2D eigenvalue weighted by molar-refractivity contribution is 5.92. The average molecular weight is 280 g/mol. The van der Waals surface area contributed by atoms with Crippen LogP contribution in [0.1, 0.15) is 48.9 Å². The Morgan fingerprint density at radius 3 is 2.85 bits per heavy atom. The summed E-state index contributed by atoms with van der Waals surface area (Å²) in [5, 5.41) is 13.2. The Hall–Kier alpha value is -1.85. The van der Waals surface area contributed by atoms with Crippen molar-refractivity contribution in [2.24, 2.45) is 5.41 Å². The molecule has 0 aliphatic carbocycles. The third kappa shape index (κ3) is 2.69. The van der Waals surface area contributed by atoms with Crippen LogP contribution < -0.4 is 0 Å². The molecule has 2 rings (SSSR count). The number of likely N-dealkylation sites (tertiary alicyclic amines) is 1. The van der Waals surface area contributed by atoms with Gasteiger partial charge in [0.25, 0.3) is 5.91 Å². The van der Waals surface area contributed by atoms with Crippen LogP contribution in [-0.2, 0) is 4.79 Å². The molecule has 0 aromatic carbocycles. The lowest BCUT2D eigenvalue weighted by atomic mass is 9.76. The highest BCUT2D eigenvalue weighted by Gasteiger charge is 2.43. The predicted molar refractivity (Wildman–Crippen MR) is 71.4 cm³/mol. The molecule has 0 spiro atoms. The molecule has 1 fully saturated rings. The molecule has 1 aliphatic heterocycles. The lowest BCUT2D eigenvalue weighted by Crippen LogP contribution is -2.49. The summed E-state index contributed by atoms with van der Waals surface area (Å²) in [4.78, 5) is 25.5. The van der Waals surface area contributed by atoms with Crippen molar-refractivity contribution in [1.82, 2.24) is 10.1 Å². The first kappa shape index (κ1) is 14.6.